The van der Waals surface area contributed by atoms with Crippen LogP contribution in [-0.2, 0) is 0 Å². The molecule has 0 aromatic rings. The molecule has 2 aliphatic rings. The van der Waals surface area contributed by atoms with E-state index in [1.165, 1.54) is 6.42 Å². The van der Waals surface area contributed by atoms with Gasteiger partial charge in [-0.2, -0.15) is 13.2 Å². The summed E-state index contributed by atoms with van der Waals surface area (Å²) in [6, 6.07) is 0.106. The molecule has 0 amide bonds. The highest BCUT2D eigenvalue weighted by Gasteiger charge is 2.43. The van der Waals surface area contributed by atoms with Gasteiger partial charge >= 0.3 is 6.18 Å². The molecule has 0 aliphatic heterocycles. The lowest BCUT2D eigenvalue weighted by molar-refractivity contribution is -0.184. The molecular weight excluding hydrogens is 263 g/mol. The van der Waals surface area contributed by atoms with Crippen LogP contribution in [0.5, 0.6) is 0 Å². The van der Waals surface area contributed by atoms with E-state index < -0.39 is 12.1 Å². The van der Waals surface area contributed by atoms with E-state index in [1.54, 1.807) is 0 Å². The van der Waals surface area contributed by atoms with Crippen LogP contribution in [0.1, 0.15) is 58.8 Å². The van der Waals surface area contributed by atoms with Gasteiger partial charge in [-0.1, -0.05) is 13.8 Å². The maximum absolute atomic E-state index is 12.7. The highest BCUT2D eigenvalue weighted by Crippen LogP contribution is 2.43. The van der Waals surface area contributed by atoms with Crippen LogP contribution < -0.4 is 5.73 Å². The molecule has 2 rings (SSSR count). The second-order valence-corrected chi connectivity index (χ2v) is 7.41. The van der Waals surface area contributed by atoms with E-state index in [4.69, 9.17) is 5.73 Å². The van der Waals surface area contributed by atoms with Gasteiger partial charge in [0.2, 0.25) is 0 Å². The Bertz CT molecular complexity index is 297. The largest absolute Gasteiger partial charge is 0.391 e. The molecule has 0 bridgehead atoms. The van der Waals surface area contributed by atoms with Crippen molar-refractivity contribution >= 4 is 0 Å². The van der Waals surface area contributed by atoms with Crippen molar-refractivity contribution in [2.24, 2.45) is 35.3 Å². The number of nitrogens with two attached hydrogens (primary N) is 1. The standard InChI is InChI=1S/C16H28F3N/c1-10-7-11(2)9-13(8-10)15(20)12-3-5-14(6-4-12)16(17,18)19/h10-15H,3-9,20H2,1-2H3. The van der Waals surface area contributed by atoms with Crippen molar-refractivity contribution in [3.63, 3.8) is 0 Å². The maximum Gasteiger partial charge on any atom is 0.391 e. The van der Waals surface area contributed by atoms with Gasteiger partial charge in [0.15, 0.2) is 0 Å². The third-order valence-corrected chi connectivity index (χ3v) is 5.54. The monoisotopic (exact) mass is 291 g/mol. The third-order valence-electron chi connectivity index (χ3n) is 5.54. The smallest absolute Gasteiger partial charge is 0.327 e. The zero-order valence-corrected chi connectivity index (χ0v) is 12.6. The van der Waals surface area contributed by atoms with Crippen LogP contribution >= 0.6 is 0 Å². The molecule has 2 aliphatic carbocycles. The molecule has 0 aromatic carbocycles. The lowest BCUT2D eigenvalue weighted by Crippen LogP contribution is -2.43. The van der Waals surface area contributed by atoms with E-state index in [-0.39, 0.29) is 18.9 Å². The molecule has 2 N–H and O–H groups in total. The molecule has 20 heavy (non-hydrogen) atoms. The van der Waals surface area contributed by atoms with Crippen LogP contribution in [-0.4, -0.2) is 12.2 Å². The van der Waals surface area contributed by atoms with E-state index in [2.05, 4.69) is 13.8 Å². The van der Waals surface area contributed by atoms with Crippen LogP contribution in [0.2, 0.25) is 0 Å². The molecule has 118 valence electrons. The minimum Gasteiger partial charge on any atom is -0.327 e. The Morgan fingerprint density at radius 2 is 1.35 bits per heavy atom. The first-order valence-electron chi connectivity index (χ1n) is 8.09. The highest BCUT2D eigenvalue weighted by molar-refractivity contribution is 4.89. The number of hydrogen-bond acceptors (Lipinski definition) is 1. The van der Waals surface area contributed by atoms with Crippen LogP contribution in [0.15, 0.2) is 0 Å². The Labute approximate surface area is 120 Å². The van der Waals surface area contributed by atoms with Gasteiger partial charge in [-0.15, -0.1) is 0 Å². The van der Waals surface area contributed by atoms with Gasteiger partial charge in [0, 0.05) is 6.04 Å². The molecule has 2 fully saturated rings. The first-order chi connectivity index (χ1) is 9.27. The van der Waals surface area contributed by atoms with Gasteiger partial charge in [0.25, 0.3) is 0 Å². The SMILES string of the molecule is CC1CC(C)CC(C(N)C2CCC(C(F)(F)F)CC2)C1. The van der Waals surface area contributed by atoms with Crippen molar-refractivity contribution in [2.45, 2.75) is 71.0 Å². The van der Waals surface area contributed by atoms with Crippen molar-refractivity contribution in [1.29, 1.82) is 0 Å². The zero-order valence-electron chi connectivity index (χ0n) is 12.6. The van der Waals surface area contributed by atoms with Crippen LogP contribution in [0.25, 0.3) is 0 Å². The molecule has 0 heterocycles. The zero-order chi connectivity index (χ0) is 14.9. The van der Waals surface area contributed by atoms with E-state index in [1.807, 2.05) is 0 Å². The van der Waals surface area contributed by atoms with Crippen LogP contribution in [0.3, 0.4) is 0 Å². The predicted molar refractivity (Wildman–Crippen MR) is 75.1 cm³/mol. The average molecular weight is 291 g/mol. The fourth-order valence-corrected chi connectivity index (χ4v) is 4.54. The Balaban J connectivity index is 1.87. The quantitative estimate of drug-likeness (QED) is 0.780. The fraction of sp³-hybridized carbons (Fsp3) is 1.00. The van der Waals surface area contributed by atoms with Gasteiger partial charge in [0.05, 0.1) is 5.92 Å². The van der Waals surface area contributed by atoms with Crippen molar-refractivity contribution < 1.29 is 13.2 Å². The first-order valence-corrected chi connectivity index (χ1v) is 8.09. The third kappa shape index (κ3) is 3.90. The number of halogens is 3. The first kappa shape index (κ1) is 16.1. The maximum atomic E-state index is 12.7. The molecule has 2 saturated carbocycles. The summed E-state index contributed by atoms with van der Waals surface area (Å²) in [6.45, 7) is 4.55. The molecule has 0 saturated heterocycles. The molecule has 4 heteroatoms. The lowest BCUT2D eigenvalue weighted by atomic mass is 9.68. The van der Waals surface area contributed by atoms with Crippen LogP contribution in [0.4, 0.5) is 13.2 Å². The minimum absolute atomic E-state index is 0.106. The highest BCUT2D eigenvalue weighted by atomic mass is 19.4. The normalized spacial score (nSPS) is 41.4. The summed E-state index contributed by atoms with van der Waals surface area (Å²) in [4.78, 5) is 0. The number of hydrogen-bond donors (Lipinski definition) is 1. The van der Waals surface area contributed by atoms with Crippen molar-refractivity contribution in [2.75, 3.05) is 0 Å². The predicted octanol–water partition coefficient (Wildman–Crippen LogP) is 4.75. The number of alkyl halides is 3. The summed E-state index contributed by atoms with van der Waals surface area (Å²) < 4.78 is 38.1. The van der Waals surface area contributed by atoms with Crippen LogP contribution in [0, 0.1) is 29.6 Å². The van der Waals surface area contributed by atoms with E-state index in [0.29, 0.717) is 36.5 Å². The molecular formula is C16H28F3N. The van der Waals surface area contributed by atoms with Gasteiger partial charge in [-0.25, -0.2) is 0 Å². The summed E-state index contributed by atoms with van der Waals surface area (Å²) in [6.07, 6.45) is 1.44. The van der Waals surface area contributed by atoms with Gasteiger partial charge in [0.1, 0.15) is 0 Å². The van der Waals surface area contributed by atoms with Crippen molar-refractivity contribution in [1.82, 2.24) is 0 Å². The minimum atomic E-state index is -4.01. The second kappa shape index (κ2) is 6.25. The molecule has 3 atom stereocenters. The Kier molecular flexibility index (Phi) is 5.04. The van der Waals surface area contributed by atoms with E-state index in [0.717, 1.165) is 12.8 Å². The van der Waals surface area contributed by atoms with Gasteiger partial charge in [-0.05, 0) is 68.6 Å². The average Bonchev–Trinajstić information content (AvgIpc) is 2.36. The topological polar surface area (TPSA) is 26.0 Å². The molecule has 0 spiro atoms. The van der Waals surface area contributed by atoms with E-state index >= 15 is 0 Å². The Morgan fingerprint density at radius 1 is 0.850 bits per heavy atom. The van der Waals surface area contributed by atoms with Crippen molar-refractivity contribution in [3.8, 4) is 0 Å². The lowest BCUT2D eigenvalue weighted by Gasteiger charge is -2.40. The molecule has 1 nitrogen and oxygen atoms in total. The Hall–Kier alpha value is -0.250. The van der Waals surface area contributed by atoms with Crippen molar-refractivity contribution in [3.05, 3.63) is 0 Å². The molecule has 0 radical (unpaired) electrons. The van der Waals surface area contributed by atoms with Gasteiger partial charge in [-0.3, -0.25) is 0 Å². The summed E-state index contributed by atoms with van der Waals surface area (Å²) in [7, 11) is 0. The Morgan fingerprint density at radius 3 is 1.80 bits per heavy atom. The second-order valence-electron chi connectivity index (χ2n) is 7.41. The summed E-state index contributed by atoms with van der Waals surface area (Å²) >= 11 is 0. The molecule has 3 unspecified atom stereocenters. The molecule has 0 aromatic heterocycles. The summed E-state index contributed by atoms with van der Waals surface area (Å²) in [5, 5.41) is 0. The summed E-state index contributed by atoms with van der Waals surface area (Å²) in [5.41, 5.74) is 6.42. The van der Waals surface area contributed by atoms with E-state index in [9.17, 15) is 13.2 Å². The summed E-state index contributed by atoms with van der Waals surface area (Å²) in [5.74, 6) is 1.15. The number of rotatable bonds is 2. The fourth-order valence-electron chi connectivity index (χ4n) is 4.54. The van der Waals surface area contributed by atoms with Gasteiger partial charge < -0.3 is 5.73 Å².